The van der Waals surface area contributed by atoms with E-state index in [0.29, 0.717) is 6.04 Å². The summed E-state index contributed by atoms with van der Waals surface area (Å²) < 4.78 is 0. The van der Waals surface area contributed by atoms with E-state index in [0.717, 1.165) is 32.1 Å². The normalized spacial score (nSPS) is 12.8. The van der Waals surface area contributed by atoms with Crippen LogP contribution in [-0.2, 0) is 0 Å². The fourth-order valence-corrected chi connectivity index (χ4v) is 1.36. The number of rotatable bonds is 8. The summed E-state index contributed by atoms with van der Waals surface area (Å²) in [6.07, 6.45) is 3.01. The van der Waals surface area contributed by atoms with E-state index in [1.807, 2.05) is 6.08 Å². The first-order chi connectivity index (χ1) is 8.15. The fraction of sp³-hybridized carbons (Fsp3) is 0.769. The summed E-state index contributed by atoms with van der Waals surface area (Å²) in [6.45, 7) is 13.6. The minimum atomic E-state index is 0. The minimum Gasteiger partial charge on any atom is -0.357 e. The van der Waals surface area contributed by atoms with Crippen LogP contribution in [0.5, 0.6) is 0 Å². The van der Waals surface area contributed by atoms with Gasteiger partial charge in [0, 0.05) is 25.7 Å². The van der Waals surface area contributed by atoms with Crippen molar-refractivity contribution in [3.05, 3.63) is 12.7 Å². The molecule has 0 spiro atoms. The lowest BCUT2D eigenvalue weighted by atomic mass is 10.2. The van der Waals surface area contributed by atoms with Gasteiger partial charge in [0.15, 0.2) is 5.96 Å². The number of halogens is 1. The zero-order valence-electron chi connectivity index (χ0n) is 12.2. The Morgan fingerprint density at radius 1 is 1.39 bits per heavy atom. The van der Waals surface area contributed by atoms with Gasteiger partial charge in [0.25, 0.3) is 0 Å². The molecule has 0 bridgehead atoms. The number of nitrogens with zero attached hydrogens (tertiary/aromatic N) is 2. The predicted octanol–water partition coefficient (Wildman–Crippen LogP) is 2.08. The van der Waals surface area contributed by atoms with Crippen molar-refractivity contribution in [1.82, 2.24) is 15.5 Å². The van der Waals surface area contributed by atoms with Gasteiger partial charge in [-0.05, 0) is 27.3 Å². The molecule has 18 heavy (non-hydrogen) atoms. The molecule has 0 aromatic carbocycles. The van der Waals surface area contributed by atoms with Crippen molar-refractivity contribution in [1.29, 1.82) is 0 Å². The van der Waals surface area contributed by atoms with E-state index in [1.165, 1.54) is 6.42 Å². The molecule has 2 N–H and O–H groups in total. The van der Waals surface area contributed by atoms with Gasteiger partial charge >= 0.3 is 0 Å². The summed E-state index contributed by atoms with van der Waals surface area (Å²) in [6, 6.07) is 0.619. The molecular formula is C13H29IN4. The molecule has 0 saturated heterocycles. The molecule has 108 valence electrons. The van der Waals surface area contributed by atoms with E-state index in [4.69, 9.17) is 0 Å². The highest BCUT2D eigenvalue weighted by Crippen LogP contribution is 1.98. The van der Waals surface area contributed by atoms with Gasteiger partial charge in [0.2, 0.25) is 0 Å². The summed E-state index contributed by atoms with van der Waals surface area (Å²) in [5.74, 6) is 0.866. The van der Waals surface area contributed by atoms with Crippen molar-refractivity contribution in [2.45, 2.75) is 33.2 Å². The van der Waals surface area contributed by atoms with Crippen molar-refractivity contribution in [3.63, 3.8) is 0 Å². The maximum absolute atomic E-state index is 4.51. The molecule has 0 aliphatic heterocycles. The number of hydrogen-bond donors (Lipinski definition) is 2. The third-order valence-electron chi connectivity index (χ3n) is 2.82. The van der Waals surface area contributed by atoms with Crippen molar-refractivity contribution < 1.29 is 0 Å². The Bertz CT molecular complexity index is 231. The largest absolute Gasteiger partial charge is 0.357 e. The molecule has 0 aliphatic carbocycles. The zero-order valence-corrected chi connectivity index (χ0v) is 14.5. The first kappa shape index (κ1) is 20.0. The monoisotopic (exact) mass is 368 g/mol. The first-order valence-corrected chi connectivity index (χ1v) is 6.48. The van der Waals surface area contributed by atoms with Crippen LogP contribution in [0.4, 0.5) is 0 Å². The highest BCUT2D eigenvalue weighted by Gasteiger charge is 2.05. The third kappa shape index (κ3) is 9.70. The molecule has 4 nitrogen and oxygen atoms in total. The lowest BCUT2D eigenvalue weighted by Crippen LogP contribution is -2.38. The van der Waals surface area contributed by atoms with Gasteiger partial charge < -0.3 is 15.5 Å². The Hall–Kier alpha value is -0.300. The molecule has 0 aromatic rings. The Morgan fingerprint density at radius 2 is 2.06 bits per heavy atom. The van der Waals surface area contributed by atoms with Crippen LogP contribution in [0.3, 0.4) is 0 Å². The topological polar surface area (TPSA) is 39.7 Å². The molecule has 0 radical (unpaired) electrons. The van der Waals surface area contributed by atoms with Crippen LogP contribution in [0.2, 0.25) is 0 Å². The smallest absolute Gasteiger partial charge is 0.191 e. The van der Waals surface area contributed by atoms with E-state index in [-0.39, 0.29) is 24.0 Å². The summed E-state index contributed by atoms with van der Waals surface area (Å²) in [5, 5.41) is 6.40. The summed E-state index contributed by atoms with van der Waals surface area (Å²) in [5.41, 5.74) is 0. The number of aliphatic imine (C=N–C) groups is 1. The fourth-order valence-electron chi connectivity index (χ4n) is 1.36. The maximum atomic E-state index is 4.51. The van der Waals surface area contributed by atoms with Gasteiger partial charge in [-0.2, -0.15) is 0 Å². The number of likely N-dealkylation sites (N-methyl/N-ethyl adjacent to an activating group) is 1. The number of hydrogen-bond acceptors (Lipinski definition) is 2. The molecule has 0 amide bonds. The van der Waals surface area contributed by atoms with Crippen LogP contribution < -0.4 is 10.6 Å². The second-order valence-corrected chi connectivity index (χ2v) is 4.17. The van der Waals surface area contributed by atoms with Gasteiger partial charge in [-0.15, -0.1) is 30.6 Å². The van der Waals surface area contributed by atoms with Crippen LogP contribution in [-0.4, -0.2) is 50.1 Å². The lowest BCUT2D eigenvalue weighted by Gasteiger charge is -2.22. The Morgan fingerprint density at radius 3 is 2.56 bits per heavy atom. The Balaban J connectivity index is 0. The first-order valence-electron chi connectivity index (χ1n) is 6.48. The van der Waals surface area contributed by atoms with Gasteiger partial charge in [0.1, 0.15) is 0 Å². The van der Waals surface area contributed by atoms with Gasteiger partial charge in [-0.1, -0.05) is 13.0 Å². The third-order valence-corrected chi connectivity index (χ3v) is 2.82. The maximum Gasteiger partial charge on any atom is 0.191 e. The summed E-state index contributed by atoms with van der Waals surface area (Å²) in [4.78, 5) is 6.85. The molecule has 0 heterocycles. The summed E-state index contributed by atoms with van der Waals surface area (Å²) in [7, 11) is 2.15. The van der Waals surface area contributed by atoms with Crippen molar-refractivity contribution in [2.75, 3.05) is 33.2 Å². The van der Waals surface area contributed by atoms with E-state index >= 15 is 0 Å². The molecule has 0 aromatic heterocycles. The van der Waals surface area contributed by atoms with Crippen LogP contribution in [0, 0.1) is 0 Å². The molecule has 0 rings (SSSR count). The lowest BCUT2D eigenvalue weighted by molar-refractivity contribution is 0.259. The second kappa shape index (κ2) is 13.1. The highest BCUT2D eigenvalue weighted by molar-refractivity contribution is 14.0. The Labute approximate surface area is 129 Å². The van der Waals surface area contributed by atoms with E-state index in [2.05, 4.69) is 54.9 Å². The van der Waals surface area contributed by atoms with Crippen LogP contribution >= 0.6 is 24.0 Å². The zero-order chi connectivity index (χ0) is 13.1. The van der Waals surface area contributed by atoms with Gasteiger partial charge in [0.05, 0.1) is 6.54 Å². The Kier molecular flexibility index (Phi) is 14.6. The highest BCUT2D eigenvalue weighted by atomic mass is 127. The molecule has 0 saturated carbocycles. The number of nitrogens with one attached hydrogen (secondary N) is 2. The predicted molar refractivity (Wildman–Crippen MR) is 92.0 cm³/mol. The van der Waals surface area contributed by atoms with E-state index in [1.54, 1.807) is 0 Å². The second-order valence-electron chi connectivity index (χ2n) is 4.17. The number of guanidine groups is 1. The van der Waals surface area contributed by atoms with Crippen LogP contribution in [0.1, 0.15) is 27.2 Å². The minimum absolute atomic E-state index is 0. The van der Waals surface area contributed by atoms with Crippen molar-refractivity contribution >= 4 is 29.9 Å². The quantitative estimate of drug-likeness (QED) is 0.298. The molecule has 0 fully saturated rings. The van der Waals surface area contributed by atoms with Crippen LogP contribution in [0.25, 0.3) is 0 Å². The van der Waals surface area contributed by atoms with Crippen molar-refractivity contribution in [3.8, 4) is 0 Å². The average Bonchev–Trinajstić information content (AvgIpc) is 2.34. The standard InChI is InChI=1S/C13H28N4.HI/c1-6-9-15-13(14-8-3)16-10-11-17(5)12(4)7-2;/h6,12H,1,7-11H2,2-5H3,(H2,14,15,16);1H. The molecule has 0 aliphatic rings. The molecular weight excluding hydrogens is 339 g/mol. The molecule has 1 atom stereocenters. The van der Waals surface area contributed by atoms with Crippen molar-refractivity contribution in [2.24, 2.45) is 4.99 Å². The van der Waals surface area contributed by atoms with E-state index < -0.39 is 0 Å². The van der Waals surface area contributed by atoms with E-state index in [9.17, 15) is 0 Å². The average molecular weight is 368 g/mol. The van der Waals surface area contributed by atoms with Gasteiger partial charge in [-0.3, -0.25) is 4.99 Å². The van der Waals surface area contributed by atoms with Crippen LogP contribution in [0.15, 0.2) is 17.6 Å². The van der Waals surface area contributed by atoms with Gasteiger partial charge in [-0.25, -0.2) is 0 Å². The molecule has 1 unspecified atom stereocenters. The summed E-state index contributed by atoms with van der Waals surface area (Å²) >= 11 is 0. The SMILES string of the molecule is C=CCNC(=NCCN(C)C(C)CC)NCC.I. The molecule has 5 heteroatoms.